The molecule has 6 nitrogen and oxygen atoms in total. The maximum atomic E-state index is 13.1. The van der Waals surface area contributed by atoms with E-state index in [9.17, 15) is 4.79 Å². The number of nitrogens with one attached hydrogen (secondary N) is 1. The van der Waals surface area contributed by atoms with Crippen LogP contribution in [0.3, 0.4) is 0 Å². The molecule has 0 spiro atoms. The van der Waals surface area contributed by atoms with Crippen LogP contribution in [0, 0.1) is 6.92 Å². The zero-order valence-corrected chi connectivity index (χ0v) is 19.5. The summed E-state index contributed by atoms with van der Waals surface area (Å²) in [5.41, 5.74) is 8.05. The third kappa shape index (κ3) is 4.39. The molecule has 3 heterocycles. The molecule has 0 aliphatic carbocycles. The zero-order chi connectivity index (χ0) is 23.5. The molecule has 5 rings (SSSR count). The summed E-state index contributed by atoms with van der Waals surface area (Å²) in [4.78, 5) is 29.0. The topological polar surface area (TPSA) is 71.0 Å². The van der Waals surface area contributed by atoms with Crippen LogP contribution < -0.4 is 5.32 Å². The van der Waals surface area contributed by atoms with Gasteiger partial charge in [-0.3, -0.25) is 4.98 Å². The fourth-order valence-corrected chi connectivity index (χ4v) is 4.35. The Morgan fingerprint density at radius 2 is 1.85 bits per heavy atom. The highest BCUT2D eigenvalue weighted by Gasteiger charge is 2.27. The van der Waals surface area contributed by atoms with Crippen LogP contribution in [0.2, 0.25) is 0 Å². The fourth-order valence-electron chi connectivity index (χ4n) is 4.35. The average Bonchev–Trinajstić information content (AvgIpc) is 2.88. The maximum Gasteiger partial charge on any atom is 0.322 e. The molecule has 0 atom stereocenters. The first-order valence-corrected chi connectivity index (χ1v) is 11.6. The monoisotopic (exact) mass is 449 g/mol. The summed E-state index contributed by atoms with van der Waals surface area (Å²) in [5, 5.41) is 3.06. The Morgan fingerprint density at radius 3 is 2.65 bits per heavy atom. The smallest absolute Gasteiger partial charge is 0.320 e. The van der Waals surface area contributed by atoms with E-state index in [-0.39, 0.29) is 6.03 Å². The van der Waals surface area contributed by atoms with Gasteiger partial charge in [0.25, 0.3) is 0 Å². The SMILES string of the molecule is CCc1cccc(NC(=O)N2CCc3nc(-c4ccncc4)nc(-c4ccccc4C)c3C2)c1. The van der Waals surface area contributed by atoms with Crippen molar-refractivity contribution in [1.82, 2.24) is 19.9 Å². The van der Waals surface area contributed by atoms with Crippen LogP contribution in [-0.4, -0.2) is 32.4 Å². The van der Waals surface area contributed by atoms with E-state index in [2.05, 4.69) is 42.3 Å². The highest BCUT2D eigenvalue weighted by atomic mass is 16.2. The van der Waals surface area contributed by atoms with E-state index < -0.39 is 0 Å². The summed E-state index contributed by atoms with van der Waals surface area (Å²) in [5.74, 6) is 0.689. The predicted molar refractivity (Wildman–Crippen MR) is 134 cm³/mol. The lowest BCUT2D eigenvalue weighted by Gasteiger charge is -2.30. The molecule has 2 aromatic heterocycles. The second-order valence-corrected chi connectivity index (χ2v) is 8.53. The lowest BCUT2D eigenvalue weighted by Crippen LogP contribution is -2.39. The summed E-state index contributed by atoms with van der Waals surface area (Å²) >= 11 is 0. The Morgan fingerprint density at radius 1 is 1.03 bits per heavy atom. The summed E-state index contributed by atoms with van der Waals surface area (Å²) in [6.07, 6.45) is 5.12. The summed E-state index contributed by atoms with van der Waals surface area (Å²) in [7, 11) is 0. The van der Waals surface area contributed by atoms with E-state index in [1.807, 2.05) is 47.4 Å². The highest BCUT2D eigenvalue weighted by Crippen LogP contribution is 2.32. The first-order valence-electron chi connectivity index (χ1n) is 11.6. The summed E-state index contributed by atoms with van der Waals surface area (Å²) in [6, 6.07) is 20.0. The average molecular weight is 450 g/mol. The first-order chi connectivity index (χ1) is 16.6. The zero-order valence-electron chi connectivity index (χ0n) is 19.5. The molecule has 1 N–H and O–H groups in total. The Balaban J connectivity index is 1.51. The molecule has 0 saturated carbocycles. The number of urea groups is 1. The van der Waals surface area contributed by atoms with Gasteiger partial charge in [0.15, 0.2) is 5.82 Å². The van der Waals surface area contributed by atoms with Crippen molar-refractivity contribution in [2.45, 2.75) is 33.2 Å². The van der Waals surface area contributed by atoms with Crippen LogP contribution >= 0.6 is 0 Å². The number of benzene rings is 2. The summed E-state index contributed by atoms with van der Waals surface area (Å²) < 4.78 is 0. The van der Waals surface area contributed by atoms with E-state index in [4.69, 9.17) is 9.97 Å². The molecule has 0 radical (unpaired) electrons. The number of amides is 2. The number of carbonyl (C=O) groups is 1. The lowest BCUT2D eigenvalue weighted by molar-refractivity contribution is 0.206. The van der Waals surface area contributed by atoms with E-state index in [0.717, 1.165) is 45.7 Å². The lowest BCUT2D eigenvalue weighted by atomic mass is 9.96. The normalized spacial score (nSPS) is 12.8. The van der Waals surface area contributed by atoms with Crippen molar-refractivity contribution in [2.75, 3.05) is 11.9 Å². The van der Waals surface area contributed by atoms with Crippen molar-refractivity contribution in [3.63, 3.8) is 0 Å². The van der Waals surface area contributed by atoms with Gasteiger partial charge in [0.2, 0.25) is 0 Å². The Bertz CT molecular complexity index is 1340. The van der Waals surface area contributed by atoms with Crippen LogP contribution in [0.4, 0.5) is 10.5 Å². The molecule has 170 valence electrons. The second kappa shape index (κ2) is 9.43. The minimum Gasteiger partial charge on any atom is -0.320 e. The maximum absolute atomic E-state index is 13.1. The van der Waals surface area contributed by atoms with Crippen LogP contribution in [0.1, 0.15) is 29.3 Å². The van der Waals surface area contributed by atoms with E-state index >= 15 is 0 Å². The standard InChI is InChI=1S/C28H27N5O/c1-3-20-8-6-9-22(17-20)30-28(34)33-16-13-25-24(18-33)26(23-10-5-4-7-19(23)2)32-27(31-25)21-11-14-29-15-12-21/h4-12,14-15,17H,3,13,16,18H2,1-2H3,(H,30,34). The van der Waals surface area contributed by atoms with Crippen molar-refractivity contribution in [3.8, 4) is 22.6 Å². The molecular formula is C28H27N5O. The van der Waals surface area contributed by atoms with Crippen molar-refractivity contribution in [3.05, 3.63) is 95.4 Å². The quantitative estimate of drug-likeness (QED) is 0.436. The van der Waals surface area contributed by atoms with Gasteiger partial charge < -0.3 is 10.2 Å². The molecule has 1 aliphatic heterocycles. The fraction of sp³-hybridized carbons (Fsp3) is 0.214. The summed E-state index contributed by atoms with van der Waals surface area (Å²) in [6.45, 7) is 5.26. The van der Waals surface area contributed by atoms with Crippen molar-refractivity contribution in [1.29, 1.82) is 0 Å². The van der Waals surface area contributed by atoms with Gasteiger partial charge in [0, 0.05) is 47.7 Å². The molecule has 0 bridgehead atoms. The van der Waals surface area contributed by atoms with Crippen LogP contribution in [0.5, 0.6) is 0 Å². The van der Waals surface area contributed by atoms with Gasteiger partial charge in [-0.05, 0) is 48.7 Å². The Kier molecular flexibility index (Phi) is 6.04. The molecule has 0 fully saturated rings. The molecule has 2 aromatic carbocycles. The van der Waals surface area contributed by atoms with E-state index in [1.54, 1.807) is 12.4 Å². The van der Waals surface area contributed by atoms with Gasteiger partial charge in [-0.15, -0.1) is 0 Å². The molecule has 1 aliphatic rings. The number of anilines is 1. The molecule has 2 amide bonds. The van der Waals surface area contributed by atoms with Gasteiger partial charge in [-0.25, -0.2) is 14.8 Å². The van der Waals surface area contributed by atoms with Crippen molar-refractivity contribution >= 4 is 11.7 Å². The Hall–Kier alpha value is -4.06. The first kappa shape index (κ1) is 21.8. The highest BCUT2D eigenvalue weighted by molar-refractivity contribution is 5.89. The molecule has 34 heavy (non-hydrogen) atoms. The van der Waals surface area contributed by atoms with Crippen LogP contribution in [0.15, 0.2) is 73.1 Å². The van der Waals surface area contributed by atoms with Gasteiger partial charge in [-0.1, -0.05) is 43.3 Å². The van der Waals surface area contributed by atoms with Gasteiger partial charge >= 0.3 is 6.03 Å². The van der Waals surface area contributed by atoms with Gasteiger partial charge in [0.05, 0.1) is 17.9 Å². The number of aromatic nitrogens is 3. The second-order valence-electron chi connectivity index (χ2n) is 8.53. The number of nitrogens with zero attached hydrogens (tertiary/aromatic N) is 4. The van der Waals surface area contributed by atoms with Crippen LogP contribution in [-0.2, 0) is 19.4 Å². The number of aryl methyl sites for hydroxylation is 2. The van der Waals surface area contributed by atoms with Gasteiger partial charge in [-0.2, -0.15) is 0 Å². The minimum absolute atomic E-state index is 0.104. The third-order valence-electron chi connectivity index (χ3n) is 6.27. The van der Waals surface area contributed by atoms with Crippen molar-refractivity contribution in [2.24, 2.45) is 0 Å². The van der Waals surface area contributed by atoms with E-state index in [1.165, 1.54) is 5.56 Å². The molecule has 4 aromatic rings. The number of carbonyl (C=O) groups excluding carboxylic acids is 1. The molecular weight excluding hydrogens is 422 g/mol. The Labute approximate surface area is 199 Å². The predicted octanol–water partition coefficient (Wildman–Crippen LogP) is 5.67. The molecule has 0 saturated heterocycles. The number of hydrogen-bond donors (Lipinski definition) is 1. The molecule has 6 heteroatoms. The molecule has 0 unspecified atom stereocenters. The number of pyridine rings is 1. The van der Waals surface area contributed by atoms with Gasteiger partial charge in [0.1, 0.15) is 0 Å². The number of hydrogen-bond acceptors (Lipinski definition) is 4. The largest absolute Gasteiger partial charge is 0.322 e. The van der Waals surface area contributed by atoms with Crippen LogP contribution in [0.25, 0.3) is 22.6 Å². The number of fused-ring (bicyclic) bond motifs is 1. The minimum atomic E-state index is -0.104. The van der Waals surface area contributed by atoms with Crippen molar-refractivity contribution < 1.29 is 4.79 Å². The number of rotatable bonds is 4. The third-order valence-corrected chi connectivity index (χ3v) is 6.27. The van der Waals surface area contributed by atoms with E-state index in [0.29, 0.717) is 25.3 Å².